The normalized spacial score (nSPS) is 12.7. The van der Waals surface area contributed by atoms with Crippen LogP contribution in [0.5, 0.6) is 5.75 Å². The van der Waals surface area contributed by atoms with E-state index in [4.69, 9.17) is 21.3 Å². The number of aliphatic imine (C=N–C) groups is 1. The molecule has 2 aromatic carbocycles. The highest BCUT2D eigenvalue weighted by molar-refractivity contribution is 6.31. The largest absolute Gasteiger partial charge is 0.497 e. The minimum atomic E-state index is 0.523. The second kappa shape index (κ2) is 6.06. The van der Waals surface area contributed by atoms with E-state index in [0.29, 0.717) is 11.6 Å². The van der Waals surface area contributed by atoms with Gasteiger partial charge in [-0.2, -0.15) is 0 Å². The molecular weight excluding hydrogens is 322 g/mol. The predicted molar refractivity (Wildman–Crippen MR) is 94.8 cm³/mol. The van der Waals surface area contributed by atoms with E-state index in [0.717, 1.165) is 39.4 Å². The number of benzene rings is 2. The van der Waals surface area contributed by atoms with Crippen LogP contribution in [0.2, 0.25) is 5.02 Å². The van der Waals surface area contributed by atoms with Crippen LogP contribution in [-0.2, 0) is 6.54 Å². The monoisotopic (exact) mass is 335 g/mol. The summed E-state index contributed by atoms with van der Waals surface area (Å²) in [5.74, 6) is 0.792. The van der Waals surface area contributed by atoms with Gasteiger partial charge in [0.25, 0.3) is 0 Å². The Kier molecular flexibility index (Phi) is 3.75. The topological polar surface area (TPSA) is 47.4 Å². The van der Waals surface area contributed by atoms with Crippen molar-refractivity contribution in [1.29, 1.82) is 0 Å². The molecule has 4 nitrogen and oxygen atoms in total. The molecule has 0 radical (unpaired) electrons. The second-order valence-electron chi connectivity index (χ2n) is 5.48. The molecule has 0 unspecified atom stereocenters. The summed E-state index contributed by atoms with van der Waals surface area (Å²) >= 11 is 6.26. The molecule has 0 fully saturated rings. The van der Waals surface area contributed by atoms with Crippen LogP contribution in [0.3, 0.4) is 0 Å². The third-order valence-corrected chi connectivity index (χ3v) is 4.27. The van der Waals surface area contributed by atoms with E-state index in [-0.39, 0.29) is 0 Å². The lowest BCUT2D eigenvalue weighted by Gasteiger charge is -2.12. The van der Waals surface area contributed by atoms with Crippen molar-refractivity contribution in [3.8, 4) is 17.0 Å². The molecule has 0 spiro atoms. The van der Waals surface area contributed by atoms with Gasteiger partial charge in [0.2, 0.25) is 0 Å². The Morgan fingerprint density at radius 1 is 1.08 bits per heavy atom. The van der Waals surface area contributed by atoms with Gasteiger partial charge in [-0.15, -0.1) is 0 Å². The van der Waals surface area contributed by atoms with Crippen molar-refractivity contribution >= 4 is 17.3 Å². The molecule has 1 aliphatic rings. The zero-order chi connectivity index (χ0) is 16.5. The number of methoxy groups -OCH3 is 1. The first-order valence-electron chi connectivity index (χ1n) is 7.54. The molecule has 0 N–H and O–H groups in total. The Bertz CT molecular complexity index is 953. The molecule has 0 aliphatic carbocycles. The van der Waals surface area contributed by atoms with E-state index in [1.165, 1.54) is 0 Å². The van der Waals surface area contributed by atoms with Gasteiger partial charge in [-0.05, 0) is 24.3 Å². The third-order valence-electron chi connectivity index (χ3n) is 4.03. The molecule has 1 aromatic heterocycles. The van der Waals surface area contributed by atoms with Gasteiger partial charge in [0.05, 0.1) is 25.1 Å². The summed E-state index contributed by atoms with van der Waals surface area (Å²) in [4.78, 5) is 13.4. The fraction of sp³-hybridized carbons (Fsp3) is 0.105. The molecular formula is C19H14ClN3O. The van der Waals surface area contributed by atoms with Crippen molar-refractivity contribution in [2.75, 3.05) is 7.11 Å². The average molecular weight is 336 g/mol. The molecule has 1 aliphatic heterocycles. The number of ether oxygens (including phenoxy) is 1. The minimum Gasteiger partial charge on any atom is -0.497 e. The second-order valence-corrected chi connectivity index (χ2v) is 5.92. The Morgan fingerprint density at radius 3 is 2.88 bits per heavy atom. The average Bonchev–Trinajstić information content (AvgIpc) is 2.78. The SMILES string of the molecule is COc1cccc(C2=NCc3cncnc3-c3ccc(Cl)cc32)c1. The Hall–Kier alpha value is -2.72. The summed E-state index contributed by atoms with van der Waals surface area (Å²) < 4.78 is 5.35. The van der Waals surface area contributed by atoms with Gasteiger partial charge in [0, 0.05) is 33.5 Å². The standard InChI is InChI=1S/C19H14ClN3O/c1-24-15-4-2-3-12(7-15)18-17-8-14(20)5-6-16(17)19-13(10-22-18)9-21-11-23-19/h2-9,11H,10H2,1H3. The Balaban J connectivity index is 1.96. The lowest BCUT2D eigenvalue weighted by Crippen LogP contribution is -2.05. The molecule has 0 saturated carbocycles. The molecule has 0 bridgehead atoms. The number of hydrogen-bond donors (Lipinski definition) is 0. The smallest absolute Gasteiger partial charge is 0.119 e. The van der Waals surface area contributed by atoms with Gasteiger partial charge in [0.15, 0.2) is 0 Å². The molecule has 0 atom stereocenters. The van der Waals surface area contributed by atoms with Crippen molar-refractivity contribution < 1.29 is 4.74 Å². The van der Waals surface area contributed by atoms with E-state index in [1.807, 2.05) is 48.7 Å². The van der Waals surface area contributed by atoms with Gasteiger partial charge in [-0.1, -0.05) is 29.8 Å². The number of halogens is 1. The van der Waals surface area contributed by atoms with E-state index < -0.39 is 0 Å². The lowest BCUT2D eigenvalue weighted by molar-refractivity contribution is 0.414. The van der Waals surface area contributed by atoms with Crippen molar-refractivity contribution in [1.82, 2.24) is 9.97 Å². The summed E-state index contributed by atoms with van der Waals surface area (Å²) in [6.45, 7) is 0.523. The summed E-state index contributed by atoms with van der Waals surface area (Å²) in [5.41, 5.74) is 5.74. The number of hydrogen-bond acceptors (Lipinski definition) is 4. The van der Waals surface area contributed by atoms with Crippen LogP contribution < -0.4 is 4.74 Å². The summed E-state index contributed by atoms with van der Waals surface area (Å²) in [6, 6.07) is 13.7. The van der Waals surface area contributed by atoms with E-state index in [2.05, 4.69) is 9.97 Å². The Labute approximate surface area is 144 Å². The van der Waals surface area contributed by atoms with Crippen LogP contribution in [0, 0.1) is 0 Å². The molecule has 2 heterocycles. The fourth-order valence-corrected chi connectivity index (χ4v) is 3.07. The van der Waals surface area contributed by atoms with Gasteiger partial charge >= 0.3 is 0 Å². The maximum atomic E-state index is 6.26. The molecule has 3 aromatic rings. The van der Waals surface area contributed by atoms with Crippen molar-refractivity contribution in [2.45, 2.75) is 6.54 Å². The van der Waals surface area contributed by atoms with Gasteiger partial charge in [0.1, 0.15) is 12.1 Å². The van der Waals surface area contributed by atoms with E-state index >= 15 is 0 Å². The van der Waals surface area contributed by atoms with E-state index in [1.54, 1.807) is 13.4 Å². The molecule has 0 amide bonds. The summed E-state index contributed by atoms with van der Waals surface area (Å²) in [5, 5.41) is 0.668. The highest BCUT2D eigenvalue weighted by Crippen LogP contribution is 2.33. The first-order chi connectivity index (χ1) is 11.8. The molecule has 118 valence electrons. The predicted octanol–water partition coefficient (Wildman–Crippen LogP) is 4.16. The van der Waals surface area contributed by atoms with Crippen molar-refractivity contribution in [2.24, 2.45) is 4.99 Å². The van der Waals surface area contributed by atoms with Crippen LogP contribution in [0.15, 0.2) is 60.0 Å². The Morgan fingerprint density at radius 2 is 2.00 bits per heavy atom. The lowest BCUT2D eigenvalue weighted by atomic mass is 9.95. The number of nitrogens with zero attached hydrogens (tertiary/aromatic N) is 3. The highest BCUT2D eigenvalue weighted by atomic mass is 35.5. The highest BCUT2D eigenvalue weighted by Gasteiger charge is 2.20. The first-order valence-corrected chi connectivity index (χ1v) is 7.92. The van der Waals surface area contributed by atoms with Crippen LogP contribution in [0.1, 0.15) is 16.7 Å². The summed E-state index contributed by atoms with van der Waals surface area (Å²) in [7, 11) is 1.66. The van der Waals surface area contributed by atoms with Crippen LogP contribution in [0.25, 0.3) is 11.3 Å². The van der Waals surface area contributed by atoms with Crippen LogP contribution >= 0.6 is 11.6 Å². The molecule has 5 heteroatoms. The van der Waals surface area contributed by atoms with Gasteiger partial charge in [-0.25, -0.2) is 9.97 Å². The van der Waals surface area contributed by atoms with Gasteiger partial charge < -0.3 is 4.74 Å². The van der Waals surface area contributed by atoms with Gasteiger partial charge in [-0.3, -0.25) is 4.99 Å². The maximum Gasteiger partial charge on any atom is 0.119 e. The third kappa shape index (κ3) is 2.55. The van der Waals surface area contributed by atoms with Crippen molar-refractivity contribution in [3.05, 3.63) is 76.7 Å². The maximum absolute atomic E-state index is 6.26. The first kappa shape index (κ1) is 14.8. The fourth-order valence-electron chi connectivity index (χ4n) is 2.90. The zero-order valence-electron chi connectivity index (χ0n) is 13.0. The zero-order valence-corrected chi connectivity index (χ0v) is 13.8. The number of aromatic nitrogens is 2. The molecule has 0 saturated heterocycles. The minimum absolute atomic E-state index is 0.523. The number of rotatable bonds is 2. The molecule has 24 heavy (non-hydrogen) atoms. The van der Waals surface area contributed by atoms with Crippen LogP contribution in [-0.4, -0.2) is 22.8 Å². The van der Waals surface area contributed by atoms with E-state index in [9.17, 15) is 0 Å². The number of fused-ring (bicyclic) bond motifs is 3. The van der Waals surface area contributed by atoms with Crippen LogP contribution in [0.4, 0.5) is 0 Å². The van der Waals surface area contributed by atoms with Crippen molar-refractivity contribution in [3.63, 3.8) is 0 Å². The molecule has 4 rings (SSSR count). The summed E-state index contributed by atoms with van der Waals surface area (Å²) in [6.07, 6.45) is 3.38. The quantitative estimate of drug-likeness (QED) is 0.706.